The molecule has 2 N–H and O–H groups in total. The zero-order valence-electron chi connectivity index (χ0n) is 7.45. The highest BCUT2D eigenvalue weighted by Gasteiger charge is 2.04. The first-order chi connectivity index (χ1) is 5.11. The van der Waals surface area contributed by atoms with E-state index in [0.29, 0.717) is 5.15 Å². The van der Waals surface area contributed by atoms with Gasteiger partial charge in [0.15, 0.2) is 0 Å². The molecule has 1 heterocycles. The molecule has 1 aromatic rings. The Kier molecular flexibility index (Phi) is 7.65. The summed E-state index contributed by atoms with van der Waals surface area (Å²) in [6.45, 7) is 3.87. The van der Waals surface area contributed by atoms with Gasteiger partial charge in [-0.2, -0.15) is 0 Å². The maximum Gasteiger partial charge on any atom is 0.129 e. The van der Waals surface area contributed by atoms with E-state index in [-0.39, 0.29) is 30.9 Å². The van der Waals surface area contributed by atoms with Crippen LogP contribution >= 0.6 is 36.4 Å². The monoisotopic (exact) mass is 242 g/mol. The van der Waals surface area contributed by atoms with Crippen LogP contribution in [-0.4, -0.2) is 4.98 Å². The van der Waals surface area contributed by atoms with Crippen LogP contribution in [0.25, 0.3) is 0 Å². The molecule has 0 fully saturated rings. The Morgan fingerprint density at radius 2 is 1.92 bits per heavy atom. The molecule has 0 aliphatic heterocycles. The van der Waals surface area contributed by atoms with Crippen LogP contribution in [0.4, 0.5) is 0 Å². The summed E-state index contributed by atoms with van der Waals surface area (Å²) in [6.07, 6.45) is 0. The van der Waals surface area contributed by atoms with Gasteiger partial charge in [0, 0.05) is 6.04 Å². The minimum atomic E-state index is -0.0475. The Labute approximate surface area is 95.7 Å². The number of rotatable bonds is 1. The number of aryl methyl sites for hydroxylation is 1. The molecular formula is C8H13Cl3N2. The minimum absolute atomic E-state index is 0. The van der Waals surface area contributed by atoms with E-state index in [1.165, 1.54) is 0 Å². The molecule has 1 rings (SSSR count). The van der Waals surface area contributed by atoms with Crippen molar-refractivity contribution in [3.8, 4) is 0 Å². The first-order valence-corrected chi connectivity index (χ1v) is 3.87. The average Bonchev–Trinajstić information content (AvgIpc) is 1.94. The SMILES string of the molecule is Cc1ccc(Cl)nc1C(C)N.Cl.Cl. The molecule has 1 aromatic heterocycles. The number of nitrogens with two attached hydrogens (primary N) is 1. The quantitative estimate of drug-likeness (QED) is 0.770. The van der Waals surface area contributed by atoms with Gasteiger partial charge in [0.05, 0.1) is 5.69 Å². The Morgan fingerprint density at radius 3 is 2.31 bits per heavy atom. The fourth-order valence-electron chi connectivity index (χ4n) is 0.981. The molecule has 0 bridgehead atoms. The number of halogens is 3. The van der Waals surface area contributed by atoms with Crippen molar-refractivity contribution >= 4 is 36.4 Å². The van der Waals surface area contributed by atoms with Crippen molar-refractivity contribution in [1.82, 2.24) is 4.98 Å². The zero-order valence-corrected chi connectivity index (χ0v) is 9.84. The van der Waals surface area contributed by atoms with Gasteiger partial charge in [-0.1, -0.05) is 17.7 Å². The highest BCUT2D eigenvalue weighted by Crippen LogP contribution is 2.15. The normalized spacial score (nSPS) is 11.1. The molecule has 0 saturated heterocycles. The Balaban J connectivity index is 0. The maximum atomic E-state index is 5.69. The van der Waals surface area contributed by atoms with E-state index in [2.05, 4.69) is 4.98 Å². The van der Waals surface area contributed by atoms with Crippen LogP contribution in [0.5, 0.6) is 0 Å². The first kappa shape index (κ1) is 15.5. The molecule has 0 aliphatic rings. The van der Waals surface area contributed by atoms with Gasteiger partial charge in [0.1, 0.15) is 5.15 Å². The van der Waals surface area contributed by atoms with Crippen molar-refractivity contribution in [2.24, 2.45) is 5.73 Å². The summed E-state index contributed by atoms with van der Waals surface area (Å²) in [5.41, 5.74) is 7.62. The number of hydrogen-bond donors (Lipinski definition) is 1. The summed E-state index contributed by atoms with van der Waals surface area (Å²) in [4.78, 5) is 4.11. The average molecular weight is 244 g/mol. The summed E-state index contributed by atoms with van der Waals surface area (Å²) < 4.78 is 0. The maximum absolute atomic E-state index is 5.69. The molecule has 1 unspecified atom stereocenters. The van der Waals surface area contributed by atoms with Crippen molar-refractivity contribution in [1.29, 1.82) is 0 Å². The van der Waals surface area contributed by atoms with Gasteiger partial charge in [0.25, 0.3) is 0 Å². The summed E-state index contributed by atoms with van der Waals surface area (Å²) in [7, 11) is 0. The topological polar surface area (TPSA) is 38.9 Å². The van der Waals surface area contributed by atoms with Crippen molar-refractivity contribution in [2.75, 3.05) is 0 Å². The van der Waals surface area contributed by atoms with Crippen LogP contribution in [0.15, 0.2) is 12.1 Å². The molecule has 0 aromatic carbocycles. The minimum Gasteiger partial charge on any atom is -0.323 e. The summed E-state index contributed by atoms with van der Waals surface area (Å²) >= 11 is 5.69. The fourth-order valence-corrected chi connectivity index (χ4v) is 1.13. The second kappa shape index (κ2) is 6.44. The third-order valence-electron chi connectivity index (χ3n) is 1.53. The van der Waals surface area contributed by atoms with Crippen molar-refractivity contribution < 1.29 is 0 Å². The van der Waals surface area contributed by atoms with E-state index in [0.717, 1.165) is 11.3 Å². The van der Waals surface area contributed by atoms with Crippen molar-refractivity contribution in [2.45, 2.75) is 19.9 Å². The zero-order chi connectivity index (χ0) is 8.43. The van der Waals surface area contributed by atoms with Gasteiger partial charge < -0.3 is 5.73 Å². The second-order valence-corrected chi connectivity index (χ2v) is 3.01. The van der Waals surface area contributed by atoms with Gasteiger partial charge in [-0.25, -0.2) is 4.98 Å². The number of nitrogens with zero attached hydrogens (tertiary/aromatic N) is 1. The van der Waals surface area contributed by atoms with Gasteiger partial charge in [-0.15, -0.1) is 24.8 Å². The molecule has 0 aliphatic carbocycles. The standard InChI is InChI=1S/C8H11ClN2.2ClH/c1-5-3-4-7(9)11-8(5)6(2)10;;/h3-4,6H,10H2,1-2H3;2*1H. The van der Waals surface area contributed by atoms with Gasteiger partial charge in [0.2, 0.25) is 0 Å². The lowest BCUT2D eigenvalue weighted by Gasteiger charge is -2.07. The highest BCUT2D eigenvalue weighted by molar-refractivity contribution is 6.29. The van der Waals surface area contributed by atoms with Gasteiger partial charge in [-0.3, -0.25) is 0 Å². The largest absolute Gasteiger partial charge is 0.323 e. The van der Waals surface area contributed by atoms with E-state index in [1.54, 1.807) is 6.07 Å². The molecule has 0 amide bonds. The van der Waals surface area contributed by atoms with E-state index in [1.807, 2.05) is 19.9 Å². The Hall–Kier alpha value is -0.0200. The Morgan fingerprint density at radius 1 is 1.38 bits per heavy atom. The smallest absolute Gasteiger partial charge is 0.129 e. The molecule has 76 valence electrons. The van der Waals surface area contributed by atoms with Crippen LogP contribution in [0.1, 0.15) is 24.2 Å². The third kappa shape index (κ3) is 4.14. The molecule has 5 heteroatoms. The summed E-state index contributed by atoms with van der Waals surface area (Å²) in [5.74, 6) is 0. The molecule has 0 saturated carbocycles. The molecule has 2 nitrogen and oxygen atoms in total. The predicted octanol–water partition coefficient (Wildman–Crippen LogP) is 2.91. The molecular weight excluding hydrogens is 230 g/mol. The van der Waals surface area contributed by atoms with Gasteiger partial charge >= 0.3 is 0 Å². The van der Waals surface area contributed by atoms with Crippen LogP contribution in [-0.2, 0) is 0 Å². The van der Waals surface area contributed by atoms with Crippen molar-refractivity contribution in [3.63, 3.8) is 0 Å². The van der Waals surface area contributed by atoms with E-state index in [9.17, 15) is 0 Å². The summed E-state index contributed by atoms with van der Waals surface area (Å²) in [5, 5.41) is 0.503. The van der Waals surface area contributed by atoms with E-state index < -0.39 is 0 Å². The van der Waals surface area contributed by atoms with E-state index >= 15 is 0 Å². The third-order valence-corrected chi connectivity index (χ3v) is 1.74. The first-order valence-electron chi connectivity index (χ1n) is 3.50. The number of aromatic nitrogens is 1. The van der Waals surface area contributed by atoms with Gasteiger partial charge in [-0.05, 0) is 25.5 Å². The predicted molar refractivity (Wildman–Crippen MR) is 61.1 cm³/mol. The van der Waals surface area contributed by atoms with Crippen LogP contribution in [0.3, 0.4) is 0 Å². The number of hydrogen-bond acceptors (Lipinski definition) is 2. The number of pyridine rings is 1. The lowest BCUT2D eigenvalue weighted by atomic mass is 10.1. The molecule has 0 radical (unpaired) electrons. The lowest BCUT2D eigenvalue weighted by Crippen LogP contribution is -2.09. The molecule has 13 heavy (non-hydrogen) atoms. The van der Waals surface area contributed by atoms with Crippen LogP contribution in [0.2, 0.25) is 5.15 Å². The van der Waals surface area contributed by atoms with Crippen LogP contribution < -0.4 is 5.73 Å². The Bertz CT molecular complexity index is 264. The highest BCUT2D eigenvalue weighted by atomic mass is 35.5. The molecule has 0 spiro atoms. The lowest BCUT2D eigenvalue weighted by molar-refractivity contribution is 0.772. The fraction of sp³-hybridized carbons (Fsp3) is 0.375. The van der Waals surface area contributed by atoms with E-state index in [4.69, 9.17) is 17.3 Å². The summed E-state index contributed by atoms with van der Waals surface area (Å²) in [6, 6.07) is 3.64. The van der Waals surface area contributed by atoms with Crippen LogP contribution in [0, 0.1) is 6.92 Å². The second-order valence-electron chi connectivity index (χ2n) is 2.62. The molecule has 1 atom stereocenters. The van der Waals surface area contributed by atoms with Crippen molar-refractivity contribution in [3.05, 3.63) is 28.5 Å².